The molecular weight excluding hydrogens is 504 g/mol. The number of para-hydroxylation sites is 2. The summed E-state index contributed by atoms with van der Waals surface area (Å²) in [5, 5.41) is 3.12. The van der Waals surface area contributed by atoms with E-state index in [1.807, 2.05) is 36.4 Å². The van der Waals surface area contributed by atoms with E-state index in [-0.39, 0.29) is 13.2 Å². The quantitative estimate of drug-likeness (QED) is 0.108. The monoisotopic (exact) mass is 534 g/mol. The normalized spacial score (nSPS) is 10.8. The smallest absolute Gasteiger partial charge is 0.349 e. The van der Waals surface area contributed by atoms with Gasteiger partial charge in [0.25, 0.3) is 0 Å². The fourth-order valence-electron chi connectivity index (χ4n) is 4.76. The molecule has 0 unspecified atom stereocenters. The Labute approximate surface area is 233 Å². The molecular formula is C34H30O6. The van der Waals surface area contributed by atoms with Crippen LogP contribution in [0.1, 0.15) is 25.0 Å². The van der Waals surface area contributed by atoms with Crippen molar-refractivity contribution in [3.8, 4) is 23.0 Å². The maximum absolute atomic E-state index is 12.7. The third-order valence-electron chi connectivity index (χ3n) is 6.63. The summed E-state index contributed by atoms with van der Waals surface area (Å²) >= 11 is 0. The van der Waals surface area contributed by atoms with Crippen molar-refractivity contribution in [1.29, 1.82) is 0 Å². The second kappa shape index (κ2) is 12.3. The molecule has 0 atom stereocenters. The molecule has 6 nitrogen and oxygen atoms in total. The Morgan fingerprint density at radius 2 is 0.900 bits per heavy atom. The number of rotatable bonds is 10. The van der Waals surface area contributed by atoms with Gasteiger partial charge in [-0.05, 0) is 60.4 Å². The van der Waals surface area contributed by atoms with Gasteiger partial charge in [-0.15, -0.1) is 0 Å². The highest BCUT2D eigenvalue weighted by atomic mass is 16.6. The minimum Gasteiger partial charge on any atom is -0.481 e. The Kier molecular flexibility index (Phi) is 8.26. The van der Waals surface area contributed by atoms with Gasteiger partial charge in [-0.3, -0.25) is 0 Å². The van der Waals surface area contributed by atoms with Crippen LogP contribution in [-0.4, -0.2) is 25.2 Å². The number of hydrogen-bond acceptors (Lipinski definition) is 6. The van der Waals surface area contributed by atoms with Gasteiger partial charge in [0, 0.05) is 21.5 Å². The number of ether oxygens (including phenoxy) is 4. The molecule has 5 aromatic carbocycles. The summed E-state index contributed by atoms with van der Waals surface area (Å²) < 4.78 is 23.2. The van der Waals surface area contributed by atoms with E-state index in [0.29, 0.717) is 23.0 Å². The van der Waals surface area contributed by atoms with Crippen LogP contribution >= 0.6 is 0 Å². The predicted molar refractivity (Wildman–Crippen MR) is 155 cm³/mol. The van der Waals surface area contributed by atoms with Crippen LogP contribution in [0.3, 0.4) is 0 Å². The van der Waals surface area contributed by atoms with Crippen LogP contribution in [0.4, 0.5) is 0 Å². The van der Waals surface area contributed by atoms with Gasteiger partial charge in [-0.25, -0.2) is 9.59 Å². The number of esters is 2. The third kappa shape index (κ3) is 5.91. The zero-order valence-electron chi connectivity index (χ0n) is 22.5. The number of hydrogen-bond donors (Lipinski definition) is 0. The van der Waals surface area contributed by atoms with Gasteiger partial charge in [0.1, 0.15) is 23.0 Å². The van der Waals surface area contributed by atoms with E-state index < -0.39 is 11.9 Å². The first-order valence-corrected chi connectivity index (χ1v) is 13.3. The SMILES string of the molecule is CCc1cc2c(OCC(=O)Oc3ccccc3)c3ccccc3c(OCC(=O)Oc3ccccc3)c2cc1CC. The summed E-state index contributed by atoms with van der Waals surface area (Å²) in [6.45, 7) is 3.68. The Balaban J connectivity index is 1.52. The molecule has 0 saturated heterocycles. The average molecular weight is 535 g/mol. The standard InChI is InChI=1S/C34H30O6/c1-3-23-19-29-30(20-24(23)4-2)34(38-22-32(36)40-26-15-9-6-10-16-26)28-18-12-11-17-27(28)33(29)37-21-31(35)39-25-13-7-5-8-14-25/h5-20H,3-4,21-22H2,1-2H3. The lowest BCUT2D eigenvalue weighted by atomic mass is 9.93. The molecule has 0 bridgehead atoms. The Morgan fingerprint density at radius 1 is 0.525 bits per heavy atom. The second-order valence-corrected chi connectivity index (χ2v) is 9.23. The van der Waals surface area contributed by atoms with E-state index >= 15 is 0 Å². The fraction of sp³-hybridized carbons (Fsp3) is 0.176. The number of fused-ring (bicyclic) bond motifs is 2. The molecule has 0 spiro atoms. The van der Waals surface area contributed by atoms with E-state index in [9.17, 15) is 9.59 Å². The van der Waals surface area contributed by atoms with E-state index in [1.54, 1.807) is 48.5 Å². The molecule has 0 radical (unpaired) electrons. The van der Waals surface area contributed by atoms with Gasteiger partial charge in [-0.2, -0.15) is 0 Å². The maximum atomic E-state index is 12.7. The second-order valence-electron chi connectivity index (χ2n) is 9.23. The van der Waals surface area contributed by atoms with Gasteiger partial charge in [0.15, 0.2) is 13.2 Å². The summed E-state index contributed by atoms with van der Waals surface area (Å²) in [6, 6.07) is 29.6. The average Bonchev–Trinajstić information content (AvgIpc) is 2.99. The molecule has 0 aliphatic heterocycles. The van der Waals surface area contributed by atoms with Crippen molar-refractivity contribution in [2.75, 3.05) is 13.2 Å². The predicted octanol–water partition coefficient (Wildman–Crippen LogP) is 7.09. The van der Waals surface area contributed by atoms with Crippen LogP contribution in [0.2, 0.25) is 0 Å². The first-order chi connectivity index (χ1) is 19.6. The van der Waals surface area contributed by atoms with Crippen LogP contribution in [-0.2, 0) is 22.4 Å². The molecule has 0 saturated carbocycles. The van der Waals surface area contributed by atoms with Gasteiger partial charge in [0.2, 0.25) is 0 Å². The Bertz CT molecular complexity index is 1520. The van der Waals surface area contributed by atoms with Crippen LogP contribution in [0.15, 0.2) is 97.1 Å². The third-order valence-corrected chi connectivity index (χ3v) is 6.63. The molecule has 5 rings (SSSR count). The van der Waals surface area contributed by atoms with Crippen molar-refractivity contribution in [3.63, 3.8) is 0 Å². The Hall–Kier alpha value is -4.84. The first-order valence-electron chi connectivity index (χ1n) is 13.3. The number of carbonyl (C=O) groups excluding carboxylic acids is 2. The zero-order chi connectivity index (χ0) is 27.9. The van der Waals surface area contributed by atoms with Crippen LogP contribution in [0.25, 0.3) is 21.5 Å². The molecule has 0 aromatic heterocycles. The van der Waals surface area contributed by atoms with Crippen molar-refractivity contribution in [2.45, 2.75) is 26.7 Å². The molecule has 0 aliphatic rings. The first kappa shape index (κ1) is 26.8. The Morgan fingerprint density at radius 3 is 1.27 bits per heavy atom. The molecule has 0 heterocycles. The fourth-order valence-corrected chi connectivity index (χ4v) is 4.76. The van der Waals surface area contributed by atoms with Crippen LogP contribution < -0.4 is 18.9 Å². The van der Waals surface area contributed by atoms with E-state index in [0.717, 1.165) is 34.4 Å². The van der Waals surface area contributed by atoms with E-state index in [4.69, 9.17) is 18.9 Å². The summed E-state index contributed by atoms with van der Waals surface area (Å²) in [4.78, 5) is 25.3. The molecule has 0 aliphatic carbocycles. The molecule has 0 amide bonds. The lowest BCUT2D eigenvalue weighted by molar-refractivity contribution is -0.137. The van der Waals surface area contributed by atoms with Crippen LogP contribution in [0.5, 0.6) is 23.0 Å². The van der Waals surface area contributed by atoms with Gasteiger partial charge in [0.05, 0.1) is 0 Å². The topological polar surface area (TPSA) is 71.1 Å². The molecule has 40 heavy (non-hydrogen) atoms. The molecule has 6 heteroatoms. The highest BCUT2D eigenvalue weighted by molar-refractivity contribution is 6.11. The number of carbonyl (C=O) groups is 2. The van der Waals surface area contributed by atoms with E-state index in [1.165, 1.54) is 11.1 Å². The van der Waals surface area contributed by atoms with Crippen molar-refractivity contribution in [3.05, 3.63) is 108 Å². The largest absolute Gasteiger partial charge is 0.481 e. The summed E-state index contributed by atoms with van der Waals surface area (Å²) in [6.07, 6.45) is 1.67. The number of aryl methyl sites for hydroxylation is 2. The van der Waals surface area contributed by atoms with Crippen molar-refractivity contribution < 1.29 is 28.5 Å². The van der Waals surface area contributed by atoms with Crippen molar-refractivity contribution in [2.24, 2.45) is 0 Å². The highest BCUT2D eigenvalue weighted by Gasteiger charge is 2.20. The van der Waals surface area contributed by atoms with Crippen molar-refractivity contribution >= 4 is 33.5 Å². The van der Waals surface area contributed by atoms with Gasteiger partial charge in [-0.1, -0.05) is 74.5 Å². The molecule has 5 aromatic rings. The van der Waals surface area contributed by atoms with Gasteiger partial charge < -0.3 is 18.9 Å². The van der Waals surface area contributed by atoms with E-state index in [2.05, 4.69) is 26.0 Å². The highest BCUT2D eigenvalue weighted by Crippen LogP contribution is 2.44. The lowest BCUT2D eigenvalue weighted by Crippen LogP contribution is -2.19. The lowest BCUT2D eigenvalue weighted by Gasteiger charge is -2.19. The molecule has 202 valence electrons. The summed E-state index contributed by atoms with van der Waals surface area (Å²) in [7, 11) is 0. The summed E-state index contributed by atoms with van der Waals surface area (Å²) in [5.41, 5.74) is 2.35. The van der Waals surface area contributed by atoms with Crippen molar-refractivity contribution in [1.82, 2.24) is 0 Å². The van der Waals surface area contributed by atoms with Crippen LogP contribution in [0, 0.1) is 0 Å². The number of benzene rings is 5. The minimum atomic E-state index is -0.506. The minimum absolute atomic E-state index is 0.269. The zero-order valence-corrected chi connectivity index (χ0v) is 22.5. The van der Waals surface area contributed by atoms with Gasteiger partial charge >= 0.3 is 11.9 Å². The maximum Gasteiger partial charge on any atom is 0.349 e. The summed E-state index contributed by atoms with van der Waals surface area (Å²) in [5.74, 6) is 1.02. The molecule has 0 N–H and O–H groups in total. The molecule has 0 fully saturated rings.